The second kappa shape index (κ2) is 5.42. The van der Waals surface area contributed by atoms with Gasteiger partial charge >= 0.3 is 0 Å². The molecule has 0 aliphatic heterocycles. The van der Waals surface area contributed by atoms with E-state index in [4.69, 9.17) is 27.9 Å². The van der Waals surface area contributed by atoms with E-state index < -0.39 is 0 Å². The number of benzene rings is 1. The number of hydrogen-bond acceptors (Lipinski definition) is 4. The van der Waals surface area contributed by atoms with Gasteiger partial charge in [-0.15, -0.1) is 0 Å². The number of anilines is 2. The minimum absolute atomic E-state index is 0.424. The van der Waals surface area contributed by atoms with Crippen LogP contribution in [0.15, 0.2) is 24.5 Å². The molecule has 1 aromatic carbocycles. The molecule has 0 amide bonds. The summed E-state index contributed by atoms with van der Waals surface area (Å²) in [6.45, 7) is 1.85. The molecule has 6 heteroatoms. The Morgan fingerprint density at radius 1 is 1.22 bits per heavy atom. The van der Waals surface area contributed by atoms with Crippen molar-refractivity contribution in [3.8, 4) is 5.75 Å². The molecule has 0 aliphatic carbocycles. The molecule has 0 saturated carbocycles. The first-order valence-electron chi connectivity index (χ1n) is 5.19. The molecule has 2 rings (SSSR count). The van der Waals surface area contributed by atoms with Gasteiger partial charge in [0.1, 0.15) is 23.0 Å². The van der Waals surface area contributed by atoms with Gasteiger partial charge in [0, 0.05) is 17.3 Å². The molecule has 1 heterocycles. The molecule has 4 nitrogen and oxygen atoms in total. The predicted molar refractivity (Wildman–Crippen MR) is 73.1 cm³/mol. The van der Waals surface area contributed by atoms with Crippen molar-refractivity contribution in [2.75, 3.05) is 12.4 Å². The third kappa shape index (κ3) is 2.66. The monoisotopic (exact) mass is 283 g/mol. The van der Waals surface area contributed by atoms with E-state index in [1.807, 2.05) is 13.0 Å². The first-order chi connectivity index (χ1) is 8.61. The number of rotatable bonds is 3. The van der Waals surface area contributed by atoms with Gasteiger partial charge < -0.3 is 10.1 Å². The molecule has 2 aromatic rings. The molecule has 0 aliphatic rings. The Morgan fingerprint density at radius 2 is 2.00 bits per heavy atom. The maximum atomic E-state index is 5.96. The molecule has 0 bridgehead atoms. The van der Waals surface area contributed by atoms with Gasteiger partial charge in [0.05, 0.1) is 12.1 Å². The summed E-state index contributed by atoms with van der Waals surface area (Å²) >= 11 is 11.9. The maximum Gasteiger partial charge on any atom is 0.139 e. The normalized spacial score (nSPS) is 10.2. The highest BCUT2D eigenvalue weighted by Gasteiger charge is 2.07. The van der Waals surface area contributed by atoms with Crippen molar-refractivity contribution in [3.63, 3.8) is 0 Å². The average molecular weight is 284 g/mol. The molecule has 0 radical (unpaired) electrons. The number of methoxy groups -OCH3 is 1. The zero-order chi connectivity index (χ0) is 13.1. The van der Waals surface area contributed by atoms with E-state index in [0.717, 1.165) is 11.3 Å². The van der Waals surface area contributed by atoms with Crippen LogP contribution in [0.4, 0.5) is 11.5 Å². The Labute approximate surface area is 115 Å². The lowest BCUT2D eigenvalue weighted by Crippen LogP contribution is -1.98. The van der Waals surface area contributed by atoms with Crippen LogP contribution in [0, 0.1) is 6.92 Å². The Kier molecular flexibility index (Phi) is 3.89. The van der Waals surface area contributed by atoms with Crippen LogP contribution in [-0.4, -0.2) is 17.1 Å². The minimum atomic E-state index is 0.424. The zero-order valence-corrected chi connectivity index (χ0v) is 11.4. The third-order valence-electron chi connectivity index (χ3n) is 2.44. The van der Waals surface area contributed by atoms with Crippen molar-refractivity contribution in [1.29, 1.82) is 0 Å². The van der Waals surface area contributed by atoms with E-state index in [1.165, 1.54) is 6.33 Å². The van der Waals surface area contributed by atoms with Gasteiger partial charge in [-0.3, -0.25) is 0 Å². The molecule has 18 heavy (non-hydrogen) atoms. The van der Waals surface area contributed by atoms with E-state index in [1.54, 1.807) is 19.2 Å². The molecule has 0 atom stereocenters. The molecule has 1 aromatic heterocycles. The van der Waals surface area contributed by atoms with Gasteiger partial charge in [-0.2, -0.15) is 0 Å². The highest BCUT2D eigenvalue weighted by molar-refractivity contribution is 6.32. The van der Waals surface area contributed by atoms with Crippen molar-refractivity contribution in [2.45, 2.75) is 6.92 Å². The number of ether oxygens (including phenoxy) is 1. The molecular formula is C12H11Cl2N3O. The number of aromatic nitrogens is 2. The lowest BCUT2D eigenvalue weighted by molar-refractivity contribution is 0.415. The number of halogens is 2. The first kappa shape index (κ1) is 12.9. The maximum absolute atomic E-state index is 5.96. The SMILES string of the molecule is COc1cc(Nc2ncnc(Cl)c2C)ccc1Cl. The highest BCUT2D eigenvalue weighted by Crippen LogP contribution is 2.29. The summed E-state index contributed by atoms with van der Waals surface area (Å²) in [6.07, 6.45) is 1.41. The van der Waals surface area contributed by atoms with Crippen molar-refractivity contribution in [1.82, 2.24) is 9.97 Å². The first-order valence-corrected chi connectivity index (χ1v) is 5.95. The second-order valence-electron chi connectivity index (χ2n) is 3.61. The summed E-state index contributed by atoms with van der Waals surface area (Å²) in [6, 6.07) is 5.37. The molecule has 0 saturated heterocycles. The molecular weight excluding hydrogens is 273 g/mol. The van der Waals surface area contributed by atoms with Crippen LogP contribution in [0.5, 0.6) is 5.75 Å². The topological polar surface area (TPSA) is 47.0 Å². The van der Waals surface area contributed by atoms with Gasteiger partial charge in [0.15, 0.2) is 0 Å². The van der Waals surface area contributed by atoms with Gasteiger partial charge in [-0.05, 0) is 19.1 Å². The number of hydrogen-bond donors (Lipinski definition) is 1. The third-order valence-corrected chi connectivity index (χ3v) is 3.13. The van der Waals surface area contributed by atoms with Crippen LogP contribution >= 0.6 is 23.2 Å². The van der Waals surface area contributed by atoms with Crippen LogP contribution in [-0.2, 0) is 0 Å². The quantitative estimate of drug-likeness (QED) is 0.870. The molecule has 0 unspecified atom stereocenters. The fourth-order valence-electron chi connectivity index (χ4n) is 1.43. The zero-order valence-electron chi connectivity index (χ0n) is 9.87. The summed E-state index contributed by atoms with van der Waals surface area (Å²) in [7, 11) is 1.57. The lowest BCUT2D eigenvalue weighted by atomic mass is 10.2. The second-order valence-corrected chi connectivity index (χ2v) is 4.38. The van der Waals surface area contributed by atoms with Crippen LogP contribution in [0.3, 0.4) is 0 Å². The average Bonchev–Trinajstić information content (AvgIpc) is 2.37. The van der Waals surface area contributed by atoms with Crippen molar-refractivity contribution in [3.05, 3.63) is 40.3 Å². The Hall–Kier alpha value is -1.52. The van der Waals surface area contributed by atoms with Crippen LogP contribution in [0.1, 0.15) is 5.56 Å². The van der Waals surface area contributed by atoms with E-state index in [0.29, 0.717) is 21.7 Å². The predicted octanol–water partition coefficient (Wildman–Crippen LogP) is 3.84. The van der Waals surface area contributed by atoms with E-state index in [2.05, 4.69) is 15.3 Å². The molecule has 0 fully saturated rings. The summed E-state index contributed by atoms with van der Waals surface area (Å²) in [5.74, 6) is 1.25. The standard InChI is InChI=1S/C12H11Cl2N3O/c1-7-11(14)15-6-16-12(7)17-8-3-4-9(13)10(5-8)18-2/h3-6H,1-2H3,(H,15,16,17). The van der Waals surface area contributed by atoms with Crippen molar-refractivity contribution in [2.24, 2.45) is 0 Å². The van der Waals surface area contributed by atoms with E-state index in [-0.39, 0.29) is 0 Å². The Morgan fingerprint density at radius 3 is 2.72 bits per heavy atom. The summed E-state index contributed by atoms with van der Waals surface area (Å²) in [5, 5.41) is 4.12. The summed E-state index contributed by atoms with van der Waals surface area (Å²) in [4.78, 5) is 8.03. The minimum Gasteiger partial charge on any atom is -0.495 e. The Balaban J connectivity index is 2.31. The smallest absolute Gasteiger partial charge is 0.139 e. The number of nitrogens with one attached hydrogen (secondary N) is 1. The fraction of sp³-hybridized carbons (Fsp3) is 0.167. The molecule has 1 N–H and O–H groups in total. The summed E-state index contributed by atoms with van der Waals surface area (Å²) in [5.41, 5.74) is 1.60. The summed E-state index contributed by atoms with van der Waals surface area (Å²) < 4.78 is 5.15. The van der Waals surface area contributed by atoms with Gasteiger partial charge in [-0.1, -0.05) is 23.2 Å². The molecule has 94 valence electrons. The van der Waals surface area contributed by atoms with E-state index >= 15 is 0 Å². The lowest BCUT2D eigenvalue weighted by Gasteiger charge is -2.10. The van der Waals surface area contributed by atoms with Crippen molar-refractivity contribution >= 4 is 34.7 Å². The largest absolute Gasteiger partial charge is 0.495 e. The van der Waals surface area contributed by atoms with Crippen LogP contribution in [0.2, 0.25) is 10.2 Å². The van der Waals surface area contributed by atoms with Gasteiger partial charge in [0.25, 0.3) is 0 Å². The fourth-order valence-corrected chi connectivity index (χ4v) is 1.76. The number of nitrogens with zero attached hydrogens (tertiary/aromatic N) is 2. The van der Waals surface area contributed by atoms with E-state index in [9.17, 15) is 0 Å². The van der Waals surface area contributed by atoms with Crippen LogP contribution in [0.25, 0.3) is 0 Å². The van der Waals surface area contributed by atoms with Gasteiger partial charge in [-0.25, -0.2) is 9.97 Å². The molecule has 0 spiro atoms. The van der Waals surface area contributed by atoms with Gasteiger partial charge in [0.2, 0.25) is 0 Å². The van der Waals surface area contributed by atoms with Crippen LogP contribution < -0.4 is 10.1 Å². The van der Waals surface area contributed by atoms with Crippen molar-refractivity contribution < 1.29 is 4.74 Å². The Bertz CT molecular complexity index is 575. The highest BCUT2D eigenvalue weighted by atomic mass is 35.5.